The summed E-state index contributed by atoms with van der Waals surface area (Å²) in [7, 11) is 0. The van der Waals surface area contributed by atoms with Gasteiger partial charge in [-0.05, 0) is 32.2 Å². The molecule has 2 fully saturated rings. The average Bonchev–Trinajstić information content (AvgIpc) is 3.04. The first-order chi connectivity index (χ1) is 7.43. The van der Waals surface area contributed by atoms with E-state index in [1.165, 1.54) is 32.1 Å². The first-order valence-corrected chi connectivity index (χ1v) is 6.00. The van der Waals surface area contributed by atoms with Gasteiger partial charge in [-0.2, -0.15) is 4.98 Å². The van der Waals surface area contributed by atoms with E-state index < -0.39 is 0 Å². The van der Waals surface area contributed by atoms with E-state index in [4.69, 9.17) is 4.52 Å². The molecule has 4 nitrogen and oxygen atoms in total. The van der Waals surface area contributed by atoms with Gasteiger partial charge in [-0.1, -0.05) is 18.0 Å². The molecular weight excluding hydrogens is 190 g/mol. The van der Waals surface area contributed by atoms with Gasteiger partial charge < -0.3 is 9.84 Å². The first-order valence-electron chi connectivity index (χ1n) is 6.00. The second-order valence-corrected chi connectivity index (χ2v) is 4.62. The molecule has 4 heteroatoms. The Hall–Kier alpha value is -0.900. The number of rotatable bonds is 2. The molecule has 0 spiro atoms. The Morgan fingerprint density at radius 1 is 1.13 bits per heavy atom. The van der Waals surface area contributed by atoms with Crippen LogP contribution in [0.15, 0.2) is 4.52 Å². The van der Waals surface area contributed by atoms with Crippen LogP contribution in [0, 0.1) is 0 Å². The van der Waals surface area contributed by atoms with Crippen LogP contribution in [0.3, 0.4) is 0 Å². The summed E-state index contributed by atoms with van der Waals surface area (Å²) in [5.74, 6) is 2.32. The Morgan fingerprint density at radius 2 is 2.07 bits per heavy atom. The third kappa shape index (κ3) is 2.04. The lowest BCUT2D eigenvalue weighted by Crippen LogP contribution is -2.20. The van der Waals surface area contributed by atoms with Crippen LogP contribution in [-0.2, 0) is 0 Å². The lowest BCUT2D eigenvalue weighted by atomic mass is 10.1. The van der Waals surface area contributed by atoms with Gasteiger partial charge in [-0.25, -0.2) is 0 Å². The van der Waals surface area contributed by atoms with Gasteiger partial charge in [0, 0.05) is 5.92 Å². The summed E-state index contributed by atoms with van der Waals surface area (Å²) in [5, 5.41) is 7.53. The van der Waals surface area contributed by atoms with Crippen LogP contribution in [0.1, 0.15) is 62.2 Å². The molecule has 1 aliphatic heterocycles. The molecule has 1 atom stereocenters. The van der Waals surface area contributed by atoms with Gasteiger partial charge in [0.25, 0.3) is 0 Å². The van der Waals surface area contributed by atoms with Crippen molar-refractivity contribution in [3.8, 4) is 0 Å². The minimum absolute atomic E-state index is 0.299. The standard InChI is InChI=1S/C11H17N3O/c1-2-4-9(12-7-3-1)11-13-10(14-15-11)8-5-6-8/h8-9,12H,1-7H2. The zero-order chi connectivity index (χ0) is 10.1. The number of aromatic nitrogens is 2. The highest BCUT2D eigenvalue weighted by molar-refractivity contribution is 5.05. The van der Waals surface area contributed by atoms with Crippen LogP contribution >= 0.6 is 0 Å². The summed E-state index contributed by atoms with van der Waals surface area (Å²) in [6.45, 7) is 1.08. The third-order valence-electron chi connectivity index (χ3n) is 3.26. The predicted molar refractivity (Wildman–Crippen MR) is 55.5 cm³/mol. The Bertz CT molecular complexity index is 324. The second kappa shape index (κ2) is 3.93. The van der Waals surface area contributed by atoms with Gasteiger partial charge in [-0.15, -0.1) is 0 Å². The fourth-order valence-corrected chi connectivity index (χ4v) is 2.14. The molecule has 1 aromatic heterocycles. The number of hydrogen-bond donors (Lipinski definition) is 1. The molecule has 1 aliphatic carbocycles. The Balaban J connectivity index is 1.72. The number of hydrogen-bond acceptors (Lipinski definition) is 4. The summed E-state index contributed by atoms with van der Waals surface area (Å²) < 4.78 is 5.34. The van der Waals surface area contributed by atoms with Gasteiger partial charge in [0.2, 0.25) is 5.89 Å². The highest BCUT2D eigenvalue weighted by atomic mass is 16.5. The van der Waals surface area contributed by atoms with Crippen molar-refractivity contribution in [1.82, 2.24) is 15.5 Å². The first kappa shape index (κ1) is 9.33. The van der Waals surface area contributed by atoms with Gasteiger partial charge in [-0.3, -0.25) is 0 Å². The maximum absolute atomic E-state index is 5.34. The molecule has 1 aromatic rings. The molecular formula is C11H17N3O. The third-order valence-corrected chi connectivity index (χ3v) is 3.26. The van der Waals surface area contributed by atoms with Gasteiger partial charge >= 0.3 is 0 Å². The molecule has 1 unspecified atom stereocenters. The monoisotopic (exact) mass is 207 g/mol. The topological polar surface area (TPSA) is 51.0 Å². The van der Waals surface area contributed by atoms with Crippen molar-refractivity contribution in [1.29, 1.82) is 0 Å². The molecule has 0 amide bonds. The highest BCUT2D eigenvalue weighted by Crippen LogP contribution is 2.38. The van der Waals surface area contributed by atoms with Gasteiger partial charge in [0.1, 0.15) is 0 Å². The molecule has 1 saturated heterocycles. The lowest BCUT2D eigenvalue weighted by Gasteiger charge is -2.09. The van der Waals surface area contributed by atoms with Crippen LogP contribution in [0.25, 0.3) is 0 Å². The number of nitrogens with zero attached hydrogens (tertiary/aromatic N) is 2. The molecule has 0 aromatic carbocycles. The molecule has 3 rings (SSSR count). The van der Waals surface area contributed by atoms with Gasteiger partial charge in [0.05, 0.1) is 6.04 Å². The van der Waals surface area contributed by atoms with E-state index in [0.717, 1.165) is 24.7 Å². The van der Waals surface area contributed by atoms with Crippen LogP contribution < -0.4 is 5.32 Å². The van der Waals surface area contributed by atoms with Crippen molar-refractivity contribution in [2.45, 2.75) is 50.5 Å². The largest absolute Gasteiger partial charge is 0.338 e. The van der Waals surface area contributed by atoms with E-state index in [2.05, 4.69) is 15.5 Å². The quantitative estimate of drug-likeness (QED) is 0.807. The molecule has 82 valence electrons. The van der Waals surface area contributed by atoms with E-state index in [9.17, 15) is 0 Å². The highest BCUT2D eigenvalue weighted by Gasteiger charge is 2.30. The minimum Gasteiger partial charge on any atom is -0.338 e. The van der Waals surface area contributed by atoms with Crippen molar-refractivity contribution in [2.24, 2.45) is 0 Å². The molecule has 1 N–H and O–H groups in total. The smallest absolute Gasteiger partial charge is 0.243 e. The van der Waals surface area contributed by atoms with Crippen molar-refractivity contribution in [3.63, 3.8) is 0 Å². The van der Waals surface area contributed by atoms with Gasteiger partial charge in [0.15, 0.2) is 5.82 Å². The zero-order valence-electron chi connectivity index (χ0n) is 8.91. The average molecular weight is 207 g/mol. The predicted octanol–water partition coefficient (Wildman–Crippen LogP) is 2.15. The fraction of sp³-hybridized carbons (Fsp3) is 0.818. The Labute approximate surface area is 89.4 Å². The summed E-state index contributed by atoms with van der Waals surface area (Å²) in [5.41, 5.74) is 0. The van der Waals surface area contributed by atoms with E-state index in [-0.39, 0.29) is 0 Å². The van der Waals surface area contributed by atoms with Crippen LogP contribution in [-0.4, -0.2) is 16.7 Å². The second-order valence-electron chi connectivity index (χ2n) is 4.62. The normalized spacial score (nSPS) is 27.6. The van der Waals surface area contributed by atoms with Crippen molar-refractivity contribution >= 4 is 0 Å². The summed E-state index contributed by atoms with van der Waals surface area (Å²) in [6.07, 6.45) is 7.44. The molecule has 0 bridgehead atoms. The summed E-state index contributed by atoms with van der Waals surface area (Å²) in [6, 6.07) is 0.299. The van der Waals surface area contributed by atoms with Crippen molar-refractivity contribution < 1.29 is 4.52 Å². The molecule has 2 heterocycles. The minimum atomic E-state index is 0.299. The van der Waals surface area contributed by atoms with Crippen molar-refractivity contribution in [3.05, 3.63) is 11.7 Å². The van der Waals surface area contributed by atoms with Crippen LogP contribution in [0.5, 0.6) is 0 Å². The van der Waals surface area contributed by atoms with E-state index >= 15 is 0 Å². The fourth-order valence-electron chi connectivity index (χ4n) is 2.14. The van der Waals surface area contributed by atoms with Crippen LogP contribution in [0.2, 0.25) is 0 Å². The van der Waals surface area contributed by atoms with Crippen molar-refractivity contribution in [2.75, 3.05) is 6.54 Å². The SMILES string of the molecule is C1CCNC(c2nc(C3CC3)no2)CC1. The maximum Gasteiger partial charge on any atom is 0.243 e. The summed E-state index contributed by atoms with van der Waals surface area (Å²) >= 11 is 0. The lowest BCUT2D eigenvalue weighted by molar-refractivity contribution is 0.324. The zero-order valence-corrected chi connectivity index (χ0v) is 8.91. The molecule has 15 heavy (non-hydrogen) atoms. The van der Waals surface area contributed by atoms with E-state index in [1.54, 1.807) is 0 Å². The van der Waals surface area contributed by atoms with E-state index in [1.807, 2.05) is 0 Å². The maximum atomic E-state index is 5.34. The molecule has 2 aliphatic rings. The Kier molecular flexibility index (Phi) is 2.44. The molecule has 0 radical (unpaired) electrons. The van der Waals surface area contributed by atoms with E-state index in [0.29, 0.717) is 12.0 Å². The summed E-state index contributed by atoms with van der Waals surface area (Å²) in [4.78, 5) is 4.50. The number of nitrogens with one attached hydrogen (secondary N) is 1. The van der Waals surface area contributed by atoms with Crippen LogP contribution in [0.4, 0.5) is 0 Å². The Morgan fingerprint density at radius 3 is 2.93 bits per heavy atom. The molecule has 1 saturated carbocycles.